The summed E-state index contributed by atoms with van der Waals surface area (Å²) in [5.74, 6) is 1.57. The highest BCUT2D eigenvalue weighted by Gasteiger charge is 2.14. The Hall–Kier alpha value is -2.98. The second-order valence-electron chi connectivity index (χ2n) is 5.63. The summed E-state index contributed by atoms with van der Waals surface area (Å²) in [6, 6.07) is 9.15. The number of hydrogen-bond donors (Lipinski definition) is 1. The molecule has 1 N–H and O–H groups in total. The van der Waals surface area contributed by atoms with Crippen LogP contribution in [0.5, 0.6) is 5.75 Å². The number of rotatable bonds is 7. The third-order valence-electron chi connectivity index (χ3n) is 3.75. The molecule has 0 aliphatic carbocycles. The molecule has 142 valence electrons. The van der Waals surface area contributed by atoms with E-state index in [0.29, 0.717) is 28.9 Å². The average molecular weight is 413 g/mol. The van der Waals surface area contributed by atoms with Crippen LogP contribution in [0.3, 0.4) is 0 Å². The minimum Gasteiger partial charge on any atom is -0.495 e. The Morgan fingerprint density at radius 1 is 1.29 bits per heavy atom. The number of nitrogens with zero attached hydrogens (tertiary/aromatic N) is 4. The summed E-state index contributed by atoms with van der Waals surface area (Å²) in [5.41, 5.74) is 1.51. The summed E-state index contributed by atoms with van der Waals surface area (Å²) in [7, 11) is 1.55. The number of para-hydroxylation sites is 2. The molecule has 1 aromatic carbocycles. The van der Waals surface area contributed by atoms with Gasteiger partial charge in [0.05, 0.1) is 35.2 Å². The fourth-order valence-electron chi connectivity index (χ4n) is 2.51. The number of thioether (sulfide) groups is 1. The predicted molar refractivity (Wildman–Crippen MR) is 107 cm³/mol. The van der Waals surface area contributed by atoms with Crippen LogP contribution >= 0.6 is 23.1 Å². The molecule has 0 fully saturated rings. The standard InChI is InChI=1S/C18H15N5O3S2/c1-25-13-5-3-2-4-11(13)21-15(24)8-14-22-16(26-23-14)9-28-18-17-12(6-7-27-17)19-10-20-18/h2-7,10H,8-9H2,1H3,(H,21,24). The van der Waals surface area contributed by atoms with E-state index >= 15 is 0 Å². The van der Waals surface area contributed by atoms with Crippen LogP contribution in [0, 0.1) is 0 Å². The van der Waals surface area contributed by atoms with Crippen LogP contribution in [-0.2, 0) is 17.0 Å². The minimum absolute atomic E-state index is 0.00882. The van der Waals surface area contributed by atoms with Crippen molar-refractivity contribution in [2.24, 2.45) is 0 Å². The first kappa shape index (κ1) is 18.4. The van der Waals surface area contributed by atoms with Crippen molar-refractivity contribution in [3.63, 3.8) is 0 Å². The van der Waals surface area contributed by atoms with Crippen molar-refractivity contribution >= 4 is 44.9 Å². The lowest BCUT2D eigenvalue weighted by atomic mass is 10.2. The number of hydrogen-bond acceptors (Lipinski definition) is 9. The molecule has 8 nitrogen and oxygen atoms in total. The maximum atomic E-state index is 12.2. The molecule has 0 saturated carbocycles. The molecule has 0 radical (unpaired) electrons. The maximum Gasteiger partial charge on any atom is 0.237 e. The van der Waals surface area contributed by atoms with Crippen LogP contribution in [0.2, 0.25) is 0 Å². The molecule has 3 aromatic heterocycles. The van der Waals surface area contributed by atoms with Gasteiger partial charge in [-0.2, -0.15) is 4.98 Å². The molecule has 0 bridgehead atoms. The summed E-state index contributed by atoms with van der Waals surface area (Å²) >= 11 is 3.08. The van der Waals surface area contributed by atoms with Gasteiger partial charge >= 0.3 is 0 Å². The lowest BCUT2D eigenvalue weighted by Gasteiger charge is -2.08. The molecule has 0 aliphatic heterocycles. The number of anilines is 1. The molecule has 4 rings (SSSR count). The fourth-order valence-corrected chi connectivity index (χ4v) is 4.29. The zero-order chi connectivity index (χ0) is 19.3. The topological polar surface area (TPSA) is 103 Å². The number of carbonyl (C=O) groups is 1. The summed E-state index contributed by atoms with van der Waals surface area (Å²) in [6.45, 7) is 0. The molecule has 4 aromatic rings. The van der Waals surface area contributed by atoms with E-state index in [9.17, 15) is 4.79 Å². The van der Waals surface area contributed by atoms with E-state index in [1.807, 2.05) is 23.6 Å². The van der Waals surface area contributed by atoms with Crippen LogP contribution in [0.15, 0.2) is 51.6 Å². The van der Waals surface area contributed by atoms with Crippen LogP contribution < -0.4 is 10.1 Å². The van der Waals surface area contributed by atoms with Gasteiger partial charge in [0.1, 0.15) is 17.1 Å². The maximum absolute atomic E-state index is 12.2. The van der Waals surface area contributed by atoms with Gasteiger partial charge in [0.2, 0.25) is 11.8 Å². The van der Waals surface area contributed by atoms with E-state index in [2.05, 4.69) is 25.4 Å². The summed E-state index contributed by atoms with van der Waals surface area (Å²) in [4.78, 5) is 25.1. The van der Waals surface area contributed by atoms with Gasteiger partial charge in [-0.1, -0.05) is 29.1 Å². The van der Waals surface area contributed by atoms with Crippen molar-refractivity contribution in [3.05, 3.63) is 53.8 Å². The Morgan fingerprint density at radius 3 is 3.07 bits per heavy atom. The van der Waals surface area contributed by atoms with Gasteiger partial charge in [-0.15, -0.1) is 11.3 Å². The number of aromatic nitrogens is 4. The highest BCUT2D eigenvalue weighted by molar-refractivity contribution is 7.98. The number of fused-ring (bicyclic) bond motifs is 1. The number of methoxy groups -OCH3 is 1. The van der Waals surface area contributed by atoms with E-state index in [1.165, 1.54) is 11.8 Å². The molecular weight excluding hydrogens is 398 g/mol. The Morgan fingerprint density at radius 2 is 2.18 bits per heavy atom. The summed E-state index contributed by atoms with van der Waals surface area (Å²) < 4.78 is 11.5. The van der Waals surface area contributed by atoms with E-state index < -0.39 is 0 Å². The quantitative estimate of drug-likeness (QED) is 0.362. The largest absolute Gasteiger partial charge is 0.495 e. The van der Waals surface area contributed by atoms with Gasteiger partial charge in [-0.25, -0.2) is 9.97 Å². The predicted octanol–water partition coefficient (Wildman–Crippen LogP) is 3.56. The number of thiophene rings is 1. The first-order valence-corrected chi connectivity index (χ1v) is 10.1. The van der Waals surface area contributed by atoms with Crippen molar-refractivity contribution in [2.75, 3.05) is 12.4 Å². The number of benzene rings is 1. The minimum atomic E-state index is -0.249. The van der Waals surface area contributed by atoms with Gasteiger partial charge < -0.3 is 14.6 Å². The van der Waals surface area contributed by atoms with Gasteiger partial charge in [-0.05, 0) is 23.6 Å². The van der Waals surface area contributed by atoms with Crippen LogP contribution in [-0.4, -0.2) is 33.1 Å². The second-order valence-corrected chi connectivity index (χ2v) is 7.51. The third-order valence-corrected chi connectivity index (χ3v) is 5.77. The lowest BCUT2D eigenvalue weighted by Crippen LogP contribution is -2.15. The smallest absolute Gasteiger partial charge is 0.237 e. The molecule has 28 heavy (non-hydrogen) atoms. The molecular formula is C18H15N5O3S2. The Kier molecular flexibility index (Phi) is 5.49. The Bertz CT molecular complexity index is 1110. The second kappa shape index (κ2) is 8.36. The number of carbonyl (C=O) groups excluding carboxylic acids is 1. The van der Waals surface area contributed by atoms with Crippen molar-refractivity contribution in [3.8, 4) is 5.75 Å². The number of nitrogens with one attached hydrogen (secondary N) is 1. The Balaban J connectivity index is 1.36. The molecule has 1 amide bonds. The molecule has 0 saturated heterocycles. The molecule has 0 atom stereocenters. The molecule has 0 spiro atoms. The normalized spacial score (nSPS) is 10.9. The zero-order valence-electron chi connectivity index (χ0n) is 14.8. The van der Waals surface area contributed by atoms with Gasteiger partial charge in [0, 0.05) is 0 Å². The molecule has 0 aliphatic rings. The summed E-state index contributed by atoms with van der Waals surface area (Å²) in [6.07, 6.45) is 1.55. The van der Waals surface area contributed by atoms with E-state index in [1.54, 1.807) is 36.9 Å². The fraction of sp³-hybridized carbons (Fsp3) is 0.167. The van der Waals surface area contributed by atoms with Gasteiger partial charge in [0.15, 0.2) is 5.82 Å². The van der Waals surface area contributed by atoms with Gasteiger partial charge in [-0.3, -0.25) is 4.79 Å². The molecule has 3 heterocycles. The van der Waals surface area contributed by atoms with E-state index in [-0.39, 0.29) is 12.3 Å². The lowest BCUT2D eigenvalue weighted by molar-refractivity contribution is -0.115. The molecule has 10 heteroatoms. The van der Waals surface area contributed by atoms with Crippen LogP contribution in [0.4, 0.5) is 5.69 Å². The molecule has 0 unspecified atom stereocenters. The van der Waals surface area contributed by atoms with E-state index in [0.717, 1.165) is 15.2 Å². The number of ether oxygens (including phenoxy) is 1. The number of amides is 1. The van der Waals surface area contributed by atoms with Crippen LogP contribution in [0.25, 0.3) is 10.2 Å². The third kappa shape index (κ3) is 4.12. The van der Waals surface area contributed by atoms with Crippen molar-refractivity contribution in [1.82, 2.24) is 20.1 Å². The monoisotopic (exact) mass is 413 g/mol. The SMILES string of the molecule is COc1ccccc1NC(=O)Cc1noc(CSc2ncnc3ccsc23)n1. The summed E-state index contributed by atoms with van der Waals surface area (Å²) in [5, 5.41) is 9.52. The Labute approximate surface area is 168 Å². The first-order valence-electron chi connectivity index (χ1n) is 8.28. The van der Waals surface area contributed by atoms with E-state index in [4.69, 9.17) is 9.26 Å². The van der Waals surface area contributed by atoms with Crippen molar-refractivity contribution < 1.29 is 14.1 Å². The van der Waals surface area contributed by atoms with Crippen molar-refractivity contribution in [1.29, 1.82) is 0 Å². The van der Waals surface area contributed by atoms with Crippen molar-refractivity contribution in [2.45, 2.75) is 17.2 Å². The zero-order valence-corrected chi connectivity index (χ0v) is 16.4. The first-order chi connectivity index (χ1) is 13.7. The van der Waals surface area contributed by atoms with Gasteiger partial charge in [0.25, 0.3) is 0 Å². The highest BCUT2D eigenvalue weighted by Crippen LogP contribution is 2.30. The average Bonchev–Trinajstić information content (AvgIpc) is 3.36. The highest BCUT2D eigenvalue weighted by atomic mass is 32.2. The van der Waals surface area contributed by atoms with Crippen LogP contribution in [0.1, 0.15) is 11.7 Å².